The van der Waals surface area contributed by atoms with E-state index in [0.29, 0.717) is 27.8 Å². The molecule has 0 unspecified atom stereocenters. The Kier molecular flexibility index (Phi) is 6.84. The first-order chi connectivity index (χ1) is 15.4. The SMILES string of the molecule is O=C1S/C(=C/c2ccc(OCc3ccc(Cl)cc3)cc2)C(=O)N1Cc1ccc(F)cc1Cl. The van der Waals surface area contributed by atoms with Gasteiger partial charge in [0.1, 0.15) is 18.2 Å². The van der Waals surface area contributed by atoms with Crippen molar-refractivity contribution in [3.8, 4) is 5.75 Å². The first kappa shape index (κ1) is 22.4. The van der Waals surface area contributed by atoms with Gasteiger partial charge in [0.25, 0.3) is 11.1 Å². The van der Waals surface area contributed by atoms with Gasteiger partial charge in [0.15, 0.2) is 0 Å². The van der Waals surface area contributed by atoms with E-state index in [0.717, 1.165) is 33.9 Å². The van der Waals surface area contributed by atoms with Crippen LogP contribution in [0.25, 0.3) is 6.08 Å². The highest BCUT2D eigenvalue weighted by molar-refractivity contribution is 8.18. The third kappa shape index (κ3) is 5.33. The highest BCUT2D eigenvalue weighted by Crippen LogP contribution is 2.34. The summed E-state index contributed by atoms with van der Waals surface area (Å²) in [6.45, 7) is 0.389. The normalized spacial score (nSPS) is 15.0. The maximum absolute atomic E-state index is 13.2. The van der Waals surface area contributed by atoms with Gasteiger partial charge in [0, 0.05) is 10.0 Å². The first-order valence-corrected chi connectivity index (χ1v) is 11.1. The van der Waals surface area contributed by atoms with Gasteiger partial charge < -0.3 is 4.74 Å². The third-order valence-electron chi connectivity index (χ3n) is 4.71. The average molecular weight is 488 g/mol. The molecule has 1 heterocycles. The Morgan fingerprint density at radius 2 is 1.69 bits per heavy atom. The molecule has 32 heavy (non-hydrogen) atoms. The van der Waals surface area contributed by atoms with Crippen molar-refractivity contribution in [2.24, 2.45) is 0 Å². The van der Waals surface area contributed by atoms with Gasteiger partial charge in [0.2, 0.25) is 0 Å². The van der Waals surface area contributed by atoms with Gasteiger partial charge in [-0.15, -0.1) is 0 Å². The minimum absolute atomic E-state index is 0.0153. The molecule has 0 spiro atoms. The summed E-state index contributed by atoms with van der Waals surface area (Å²) in [6.07, 6.45) is 1.65. The number of amides is 2. The molecule has 2 amide bonds. The molecular formula is C24H16Cl2FNO3S. The van der Waals surface area contributed by atoms with Crippen LogP contribution in [-0.2, 0) is 17.9 Å². The number of rotatable bonds is 6. The Labute approximate surface area is 198 Å². The summed E-state index contributed by atoms with van der Waals surface area (Å²) in [5, 5.41) is 0.440. The van der Waals surface area contributed by atoms with Crippen LogP contribution in [0.2, 0.25) is 10.0 Å². The van der Waals surface area contributed by atoms with Crippen LogP contribution in [0.3, 0.4) is 0 Å². The van der Waals surface area contributed by atoms with Crippen molar-refractivity contribution in [1.29, 1.82) is 0 Å². The van der Waals surface area contributed by atoms with E-state index in [1.165, 1.54) is 12.1 Å². The molecule has 4 nitrogen and oxygen atoms in total. The van der Waals surface area contributed by atoms with Crippen molar-refractivity contribution in [1.82, 2.24) is 4.90 Å². The second kappa shape index (κ2) is 9.77. The second-order valence-electron chi connectivity index (χ2n) is 6.99. The van der Waals surface area contributed by atoms with Crippen LogP contribution in [0.5, 0.6) is 5.75 Å². The van der Waals surface area contributed by atoms with E-state index < -0.39 is 17.0 Å². The van der Waals surface area contributed by atoms with Crippen molar-refractivity contribution in [2.75, 3.05) is 0 Å². The van der Waals surface area contributed by atoms with Crippen molar-refractivity contribution >= 4 is 52.2 Å². The molecule has 0 bridgehead atoms. The summed E-state index contributed by atoms with van der Waals surface area (Å²) in [7, 11) is 0. The van der Waals surface area contributed by atoms with E-state index in [2.05, 4.69) is 0 Å². The van der Waals surface area contributed by atoms with E-state index in [1.807, 2.05) is 24.3 Å². The van der Waals surface area contributed by atoms with Crippen molar-refractivity contribution in [3.05, 3.63) is 104 Å². The monoisotopic (exact) mass is 487 g/mol. The molecule has 0 aliphatic carbocycles. The Morgan fingerprint density at radius 3 is 2.38 bits per heavy atom. The Bertz CT molecular complexity index is 1200. The number of thioether (sulfide) groups is 1. The minimum atomic E-state index is -0.478. The molecule has 0 N–H and O–H groups in total. The molecule has 3 aromatic rings. The van der Waals surface area contributed by atoms with Gasteiger partial charge >= 0.3 is 0 Å². The highest BCUT2D eigenvalue weighted by atomic mass is 35.5. The third-order valence-corrected chi connectivity index (χ3v) is 6.22. The largest absolute Gasteiger partial charge is 0.489 e. The number of imide groups is 1. The van der Waals surface area contributed by atoms with E-state index in [1.54, 1.807) is 30.3 Å². The number of hydrogen-bond acceptors (Lipinski definition) is 4. The van der Waals surface area contributed by atoms with Gasteiger partial charge in [0.05, 0.1) is 11.4 Å². The van der Waals surface area contributed by atoms with Gasteiger partial charge in [-0.2, -0.15) is 0 Å². The fourth-order valence-electron chi connectivity index (χ4n) is 3.02. The number of carbonyl (C=O) groups is 2. The zero-order valence-electron chi connectivity index (χ0n) is 16.6. The fourth-order valence-corrected chi connectivity index (χ4v) is 4.21. The molecule has 0 aromatic heterocycles. The molecule has 162 valence electrons. The topological polar surface area (TPSA) is 46.6 Å². The van der Waals surface area contributed by atoms with Crippen LogP contribution in [0.1, 0.15) is 16.7 Å². The average Bonchev–Trinajstić information content (AvgIpc) is 3.03. The molecule has 0 atom stereocenters. The molecule has 1 aliphatic heterocycles. The smallest absolute Gasteiger partial charge is 0.293 e. The van der Waals surface area contributed by atoms with Crippen LogP contribution in [0.15, 0.2) is 71.6 Å². The minimum Gasteiger partial charge on any atom is -0.489 e. The van der Waals surface area contributed by atoms with E-state index in [9.17, 15) is 14.0 Å². The number of hydrogen-bond donors (Lipinski definition) is 0. The zero-order chi connectivity index (χ0) is 22.7. The lowest BCUT2D eigenvalue weighted by Crippen LogP contribution is -2.27. The fraction of sp³-hybridized carbons (Fsp3) is 0.0833. The molecule has 1 fully saturated rings. The Morgan fingerprint density at radius 1 is 0.969 bits per heavy atom. The van der Waals surface area contributed by atoms with Gasteiger partial charge in [-0.25, -0.2) is 4.39 Å². The summed E-state index contributed by atoms with van der Waals surface area (Å²) >= 11 is 12.8. The maximum atomic E-state index is 13.2. The Balaban J connectivity index is 1.41. The van der Waals surface area contributed by atoms with E-state index >= 15 is 0 Å². The van der Waals surface area contributed by atoms with Gasteiger partial charge in [-0.05, 0) is 70.9 Å². The summed E-state index contributed by atoms with van der Waals surface area (Å²) in [5.74, 6) is -0.215. The van der Waals surface area contributed by atoms with Gasteiger partial charge in [-0.3, -0.25) is 14.5 Å². The Hall–Kier alpha value is -2.80. The first-order valence-electron chi connectivity index (χ1n) is 9.55. The molecule has 0 radical (unpaired) electrons. The standard InChI is InChI=1S/C24H16Cl2FNO3S/c25-18-6-1-16(2-7-18)14-31-20-9-3-15(4-10-20)11-22-23(29)28(24(30)32-22)13-17-5-8-19(27)12-21(17)26/h1-12H,13-14H2/b22-11+. The maximum Gasteiger partial charge on any atom is 0.293 e. The van der Waals surface area contributed by atoms with Crippen molar-refractivity contribution in [3.63, 3.8) is 0 Å². The van der Waals surface area contributed by atoms with Crippen LogP contribution >= 0.6 is 35.0 Å². The molecule has 1 saturated heterocycles. The summed E-state index contributed by atoms with van der Waals surface area (Å²) in [5.41, 5.74) is 2.25. The van der Waals surface area contributed by atoms with Crippen LogP contribution in [0.4, 0.5) is 9.18 Å². The van der Waals surface area contributed by atoms with Crippen molar-refractivity contribution in [2.45, 2.75) is 13.2 Å². The van der Waals surface area contributed by atoms with Gasteiger partial charge in [-0.1, -0.05) is 53.5 Å². The van der Waals surface area contributed by atoms with Crippen LogP contribution < -0.4 is 4.74 Å². The molecular weight excluding hydrogens is 472 g/mol. The number of carbonyl (C=O) groups excluding carboxylic acids is 2. The number of nitrogens with zero attached hydrogens (tertiary/aromatic N) is 1. The molecule has 1 aliphatic rings. The number of halogens is 3. The molecule has 0 saturated carbocycles. The van der Waals surface area contributed by atoms with Crippen molar-refractivity contribution < 1.29 is 18.7 Å². The lowest BCUT2D eigenvalue weighted by molar-refractivity contribution is -0.123. The van der Waals surface area contributed by atoms with E-state index in [4.69, 9.17) is 27.9 Å². The summed E-state index contributed by atoms with van der Waals surface area (Å²) in [6, 6.07) is 18.5. The summed E-state index contributed by atoms with van der Waals surface area (Å²) < 4.78 is 19.0. The predicted molar refractivity (Wildman–Crippen MR) is 125 cm³/mol. The quantitative estimate of drug-likeness (QED) is 0.353. The molecule has 8 heteroatoms. The van der Waals surface area contributed by atoms with Crippen LogP contribution in [0, 0.1) is 5.82 Å². The zero-order valence-corrected chi connectivity index (χ0v) is 18.9. The molecule has 3 aromatic carbocycles. The highest BCUT2D eigenvalue weighted by Gasteiger charge is 2.35. The summed E-state index contributed by atoms with van der Waals surface area (Å²) in [4.78, 5) is 26.5. The number of ether oxygens (including phenoxy) is 1. The lowest BCUT2D eigenvalue weighted by atomic mass is 10.2. The predicted octanol–water partition coefficient (Wildman–Crippen LogP) is 6.95. The second-order valence-corrected chi connectivity index (χ2v) is 8.82. The van der Waals surface area contributed by atoms with Crippen LogP contribution in [-0.4, -0.2) is 16.0 Å². The van der Waals surface area contributed by atoms with E-state index in [-0.39, 0.29) is 11.6 Å². The lowest BCUT2D eigenvalue weighted by Gasteiger charge is -2.13. The number of benzene rings is 3. The molecule has 4 rings (SSSR count).